The fourth-order valence-corrected chi connectivity index (χ4v) is 2.64. The van der Waals surface area contributed by atoms with Crippen molar-refractivity contribution in [2.75, 3.05) is 5.32 Å². The van der Waals surface area contributed by atoms with E-state index in [2.05, 4.69) is 10.3 Å². The number of aryl methyl sites for hydroxylation is 2. The summed E-state index contributed by atoms with van der Waals surface area (Å²) in [4.78, 5) is 38.6. The molecule has 1 aromatic heterocycles. The van der Waals surface area contributed by atoms with Gasteiger partial charge in [-0.25, -0.2) is 0 Å². The van der Waals surface area contributed by atoms with Gasteiger partial charge in [0.1, 0.15) is 0 Å². The summed E-state index contributed by atoms with van der Waals surface area (Å²) in [5.74, 6) is -0.277. The third-order valence-corrected chi connectivity index (χ3v) is 3.95. The zero-order chi connectivity index (χ0) is 17.3. The van der Waals surface area contributed by atoms with Crippen LogP contribution in [0.15, 0.2) is 52.1 Å². The summed E-state index contributed by atoms with van der Waals surface area (Å²) in [6.45, 7) is 4.08. The molecule has 2 N–H and O–H groups in total. The maximum absolute atomic E-state index is 12.4. The molecule has 2 aromatic carbocycles. The van der Waals surface area contributed by atoms with Gasteiger partial charge >= 0.3 is 11.1 Å². The normalized spacial score (nSPS) is 10.8. The Balaban J connectivity index is 2.04. The average molecular weight is 323 g/mol. The molecule has 3 rings (SSSR count). The Kier molecular flexibility index (Phi) is 4.04. The second-order valence-electron chi connectivity index (χ2n) is 5.50. The number of benzene rings is 2. The number of H-pyrrole nitrogens is 1. The van der Waals surface area contributed by atoms with E-state index in [4.69, 9.17) is 0 Å². The molecule has 0 unspecified atom stereocenters. The number of anilines is 1. The summed E-state index contributed by atoms with van der Waals surface area (Å²) < 4.78 is 1.39. The van der Waals surface area contributed by atoms with Gasteiger partial charge in [0.15, 0.2) is 0 Å². The minimum absolute atomic E-state index is 0.277. The predicted molar refractivity (Wildman–Crippen MR) is 93.6 cm³/mol. The molecule has 0 atom stereocenters. The van der Waals surface area contributed by atoms with Crippen LogP contribution in [0.25, 0.3) is 11.0 Å². The molecule has 0 fully saturated rings. The van der Waals surface area contributed by atoms with Crippen LogP contribution in [-0.2, 0) is 6.54 Å². The van der Waals surface area contributed by atoms with Crippen LogP contribution >= 0.6 is 0 Å². The van der Waals surface area contributed by atoms with Crippen molar-refractivity contribution < 1.29 is 4.79 Å². The van der Waals surface area contributed by atoms with E-state index in [1.54, 1.807) is 25.1 Å². The highest BCUT2D eigenvalue weighted by Crippen LogP contribution is 2.16. The van der Waals surface area contributed by atoms with Crippen LogP contribution in [0, 0.1) is 6.92 Å². The molecule has 0 saturated carbocycles. The number of hydrogen-bond donors (Lipinski definition) is 2. The van der Waals surface area contributed by atoms with Gasteiger partial charge in [-0.3, -0.25) is 14.4 Å². The molecule has 3 aromatic rings. The van der Waals surface area contributed by atoms with Gasteiger partial charge in [0.25, 0.3) is 5.91 Å². The number of para-hydroxylation sites is 1. The quantitative estimate of drug-likeness (QED) is 0.725. The van der Waals surface area contributed by atoms with Crippen LogP contribution in [0.1, 0.15) is 22.8 Å². The molecule has 1 amide bonds. The zero-order valence-corrected chi connectivity index (χ0v) is 13.4. The molecule has 24 heavy (non-hydrogen) atoms. The topological polar surface area (TPSA) is 84.0 Å². The van der Waals surface area contributed by atoms with Crippen LogP contribution in [0.4, 0.5) is 5.69 Å². The summed E-state index contributed by atoms with van der Waals surface area (Å²) in [5, 5.41) is 2.85. The lowest BCUT2D eigenvalue weighted by atomic mass is 10.1. The molecule has 6 heteroatoms. The Labute approximate surface area is 137 Å². The maximum atomic E-state index is 12.4. The minimum atomic E-state index is -0.694. The molecule has 0 bridgehead atoms. The van der Waals surface area contributed by atoms with Crippen molar-refractivity contribution in [3.05, 3.63) is 74.3 Å². The van der Waals surface area contributed by atoms with Crippen molar-refractivity contribution in [1.29, 1.82) is 0 Å². The van der Waals surface area contributed by atoms with E-state index >= 15 is 0 Å². The minimum Gasteiger partial charge on any atom is -0.322 e. The van der Waals surface area contributed by atoms with E-state index < -0.39 is 11.1 Å². The van der Waals surface area contributed by atoms with Crippen molar-refractivity contribution in [1.82, 2.24) is 9.55 Å². The summed E-state index contributed by atoms with van der Waals surface area (Å²) in [7, 11) is 0. The zero-order valence-electron chi connectivity index (χ0n) is 13.4. The first-order chi connectivity index (χ1) is 11.5. The van der Waals surface area contributed by atoms with Crippen molar-refractivity contribution in [3.63, 3.8) is 0 Å². The lowest BCUT2D eigenvalue weighted by molar-refractivity contribution is 0.102. The third kappa shape index (κ3) is 2.74. The van der Waals surface area contributed by atoms with Crippen LogP contribution in [0.3, 0.4) is 0 Å². The molecule has 0 aliphatic carbocycles. The number of hydrogen-bond acceptors (Lipinski definition) is 3. The lowest BCUT2D eigenvalue weighted by Gasteiger charge is -2.10. The van der Waals surface area contributed by atoms with Crippen molar-refractivity contribution >= 4 is 22.6 Å². The fraction of sp³-hybridized carbons (Fsp3) is 0.167. The van der Waals surface area contributed by atoms with Gasteiger partial charge in [0, 0.05) is 17.8 Å². The highest BCUT2D eigenvalue weighted by atomic mass is 16.2. The molecule has 0 aliphatic heterocycles. The number of fused-ring (bicyclic) bond motifs is 1. The second kappa shape index (κ2) is 6.16. The number of amides is 1. The molecule has 0 aliphatic rings. The Hall–Kier alpha value is -3.15. The molecular weight excluding hydrogens is 306 g/mol. The maximum Gasteiger partial charge on any atom is 0.316 e. The Morgan fingerprint density at radius 2 is 1.92 bits per heavy atom. The Morgan fingerprint density at radius 3 is 2.62 bits per heavy atom. The van der Waals surface area contributed by atoms with E-state index in [0.717, 1.165) is 11.3 Å². The number of aromatic nitrogens is 2. The van der Waals surface area contributed by atoms with Crippen molar-refractivity contribution in [3.8, 4) is 0 Å². The van der Waals surface area contributed by atoms with Crippen molar-refractivity contribution in [2.24, 2.45) is 0 Å². The van der Waals surface area contributed by atoms with E-state index in [-0.39, 0.29) is 5.91 Å². The fourth-order valence-electron chi connectivity index (χ4n) is 2.64. The number of aromatic amines is 1. The number of nitrogens with zero attached hydrogens (tertiary/aromatic N) is 1. The highest BCUT2D eigenvalue weighted by molar-refractivity contribution is 6.06. The van der Waals surface area contributed by atoms with Crippen LogP contribution in [-0.4, -0.2) is 15.5 Å². The van der Waals surface area contributed by atoms with E-state index in [0.29, 0.717) is 23.1 Å². The SMILES string of the molecule is CCn1c(=O)c(=O)[nH]c2cc(C(=O)Nc3ccccc3C)ccc21. The number of rotatable bonds is 3. The first-order valence-corrected chi connectivity index (χ1v) is 7.65. The van der Waals surface area contributed by atoms with Crippen LogP contribution < -0.4 is 16.4 Å². The summed E-state index contributed by atoms with van der Waals surface area (Å²) >= 11 is 0. The predicted octanol–water partition coefficient (Wildman–Crippen LogP) is 2.27. The average Bonchev–Trinajstić information content (AvgIpc) is 2.57. The van der Waals surface area contributed by atoms with Gasteiger partial charge < -0.3 is 14.9 Å². The van der Waals surface area contributed by atoms with E-state index in [1.165, 1.54) is 4.57 Å². The lowest BCUT2D eigenvalue weighted by Crippen LogP contribution is -2.36. The molecule has 122 valence electrons. The van der Waals surface area contributed by atoms with Crippen LogP contribution in [0.5, 0.6) is 0 Å². The summed E-state index contributed by atoms with van der Waals surface area (Å²) in [5.41, 5.74) is 1.86. The second-order valence-corrected chi connectivity index (χ2v) is 5.50. The first-order valence-electron chi connectivity index (χ1n) is 7.65. The van der Waals surface area contributed by atoms with Crippen molar-refractivity contribution in [2.45, 2.75) is 20.4 Å². The highest BCUT2D eigenvalue weighted by Gasteiger charge is 2.11. The molecule has 1 heterocycles. The molecule has 6 nitrogen and oxygen atoms in total. The van der Waals surface area contributed by atoms with Crippen LogP contribution in [0.2, 0.25) is 0 Å². The first kappa shape index (κ1) is 15.7. The molecule has 0 radical (unpaired) electrons. The molecular formula is C18H17N3O3. The van der Waals surface area contributed by atoms with Gasteiger partial charge in [-0.05, 0) is 43.7 Å². The van der Waals surface area contributed by atoms with Gasteiger partial charge in [-0.15, -0.1) is 0 Å². The largest absolute Gasteiger partial charge is 0.322 e. The summed E-state index contributed by atoms with van der Waals surface area (Å²) in [6, 6.07) is 12.4. The Morgan fingerprint density at radius 1 is 1.17 bits per heavy atom. The van der Waals surface area contributed by atoms with Gasteiger partial charge in [0.2, 0.25) is 0 Å². The molecule has 0 saturated heterocycles. The van der Waals surface area contributed by atoms with Gasteiger partial charge in [0.05, 0.1) is 11.0 Å². The summed E-state index contributed by atoms with van der Waals surface area (Å²) in [6.07, 6.45) is 0. The molecule has 0 spiro atoms. The number of carbonyl (C=O) groups is 1. The third-order valence-electron chi connectivity index (χ3n) is 3.95. The number of nitrogens with one attached hydrogen (secondary N) is 2. The Bertz CT molecular complexity index is 1050. The van der Waals surface area contributed by atoms with E-state index in [9.17, 15) is 14.4 Å². The monoisotopic (exact) mass is 323 g/mol. The standard InChI is InChI=1S/C18H17N3O3/c1-3-21-15-9-8-12(10-14(15)20-17(23)18(21)24)16(22)19-13-7-5-4-6-11(13)2/h4-10H,3H2,1-2H3,(H,19,22)(H,20,23). The smallest absolute Gasteiger partial charge is 0.316 e. The van der Waals surface area contributed by atoms with E-state index in [1.807, 2.05) is 31.2 Å². The number of carbonyl (C=O) groups excluding carboxylic acids is 1. The van der Waals surface area contributed by atoms with Gasteiger partial charge in [-0.1, -0.05) is 18.2 Å². The van der Waals surface area contributed by atoms with Gasteiger partial charge in [-0.2, -0.15) is 0 Å².